The van der Waals surface area contributed by atoms with Crippen LogP contribution in [0.1, 0.15) is 38.8 Å². The van der Waals surface area contributed by atoms with E-state index in [1.54, 1.807) is 13.8 Å². The van der Waals surface area contributed by atoms with Gasteiger partial charge in [0.1, 0.15) is 35.8 Å². The average Bonchev–Trinajstić information content (AvgIpc) is 2.64. The van der Waals surface area contributed by atoms with E-state index in [1.807, 2.05) is 6.92 Å². The second-order valence-electron chi connectivity index (χ2n) is 6.83. The van der Waals surface area contributed by atoms with Gasteiger partial charge in [0.25, 0.3) is 5.69 Å². The van der Waals surface area contributed by atoms with Crippen molar-refractivity contribution in [2.45, 2.75) is 44.9 Å². The van der Waals surface area contributed by atoms with Crippen LogP contribution in [0.15, 0.2) is 30.2 Å². The highest BCUT2D eigenvalue weighted by atomic mass is 16.6. The van der Waals surface area contributed by atoms with Gasteiger partial charge in [-0.2, -0.15) is 0 Å². The van der Waals surface area contributed by atoms with Crippen molar-refractivity contribution in [2.75, 3.05) is 19.8 Å². The smallest absolute Gasteiger partial charge is 0.270 e. The summed E-state index contributed by atoms with van der Waals surface area (Å²) in [4.78, 5) is 21.0. The van der Waals surface area contributed by atoms with E-state index >= 15 is 0 Å². The van der Waals surface area contributed by atoms with Crippen LogP contribution in [0.2, 0.25) is 0 Å². The standard InChI is InChI=1S/C19H26N2O7/c1-4-27-14(12-26-9-5-8-22)11-20-17-15-10-13(21(24)25)6-7-16(15)28-19(2,3)18(17)23/h6-8,10,12,17-18,20,23H,4-5,9,11H2,1-3H3/b14-12-. The SMILES string of the molecule is CCO/C(=C\OCCC=O)CNC1c2cc([N+](=O)[O-])ccc2OC(C)(C)C1O. The van der Waals surface area contributed by atoms with Crippen molar-refractivity contribution in [1.82, 2.24) is 5.32 Å². The normalized spacial score (nSPS) is 20.6. The third-order valence-electron chi connectivity index (χ3n) is 4.33. The van der Waals surface area contributed by atoms with Crippen LogP contribution in [0.4, 0.5) is 5.69 Å². The molecular formula is C19H26N2O7. The van der Waals surface area contributed by atoms with Gasteiger partial charge in [-0.3, -0.25) is 10.1 Å². The van der Waals surface area contributed by atoms with Crippen LogP contribution in [0.5, 0.6) is 5.75 Å². The summed E-state index contributed by atoms with van der Waals surface area (Å²) in [6, 6.07) is 3.70. The highest BCUT2D eigenvalue weighted by Gasteiger charge is 2.43. The monoisotopic (exact) mass is 394 g/mol. The molecule has 9 nitrogen and oxygen atoms in total. The number of nitrogens with zero attached hydrogens (tertiary/aromatic N) is 1. The van der Waals surface area contributed by atoms with Crippen molar-refractivity contribution in [2.24, 2.45) is 0 Å². The van der Waals surface area contributed by atoms with Gasteiger partial charge in [0.15, 0.2) is 0 Å². The number of non-ortho nitro benzene ring substituents is 1. The number of nitrogens with one attached hydrogen (secondary N) is 1. The number of carbonyl (C=O) groups excluding carboxylic acids is 1. The van der Waals surface area contributed by atoms with Crippen molar-refractivity contribution in [3.05, 3.63) is 45.9 Å². The number of fused-ring (bicyclic) bond motifs is 1. The number of rotatable bonds is 10. The quantitative estimate of drug-likeness (QED) is 0.204. The van der Waals surface area contributed by atoms with Crippen molar-refractivity contribution in [3.63, 3.8) is 0 Å². The van der Waals surface area contributed by atoms with Gasteiger partial charge in [-0.1, -0.05) is 0 Å². The summed E-state index contributed by atoms with van der Waals surface area (Å²) in [5.74, 6) is 0.958. The molecule has 1 aliphatic heterocycles. The Morgan fingerprint density at radius 1 is 1.46 bits per heavy atom. The first kappa shape index (κ1) is 21.6. The fraction of sp³-hybridized carbons (Fsp3) is 0.526. The number of carbonyl (C=O) groups is 1. The molecule has 0 fully saturated rings. The lowest BCUT2D eigenvalue weighted by Gasteiger charge is -2.42. The van der Waals surface area contributed by atoms with Crippen LogP contribution in [0.25, 0.3) is 0 Å². The molecule has 154 valence electrons. The Morgan fingerprint density at radius 3 is 2.86 bits per heavy atom. The second-order valence-corrected chi connectivity index (χ2v) is 6.83. The summed E-state index contributed by atoms with van der Waals surface area (Å²) in [7, 11) is 0. The summed E-state index contributed by atoms with van der Waals surface area (Å²) in [6.45, 7) is 6.19. The van der Waals surface area contributed by atoms with Gasteiger partial charge in [-0.05, 0) is 26.8 Å². The lowest BCUT2D eigenvalue weighted by Crippen LogP contribution is -2.52. The number of aliphatic hydroxyl groups excluding tert-OH is 1. The van der Waals surface area contributed by atoms with E-state index in [2.05, 4.69) is 5.32 Å². The maximum atomic E-state index is 11.1. The molecule has 2 rings (SSSR count). The molecule has 2 N–H and O–H groups in total. The predicted molar refractivity (Wildman–Crippen MR) is 101 cm³/mol. The van der Waals surface area contributed by atoms with Crippen molar-refractivity contribution >= 4 is 12.0 Å². The Bertz CT molecular complexity index is 733. The molecule has 0 saturated carbocycles. The zero-order valence-electron chi connectivity index (χ0n) is 16.2. The summed E-state index contributed by atoms with van der Waals surface area (Å²) in [5, 5.41) is 25.1. The van der Waals surface area contributed by atoms with Crippen molar-refractivity contribution < 1.29 is 29.0 Å². The number of aliphatic hydroxyl groups is 1. The number of hydrogen-bond acceptors (Lipinski definition) is 8. The van der Waals surface area contributed by atoms with Crippen molar-refractivity contribution in [3.8, 4) is 5.75 Å². The molecule has 1 heterocycles. The van der Waals surface area contributed by atoms with Crippen LogP contribution >= 0.6 is 0 Å². The number of nitro benzene ring substituents is 1. The Morgan fingerprint density at radius 2 is 2.21 bits per heavy atom. The summed E-state index contributed by atoms with van der Waals surface area (Å²) in [5.41, 5.74) is -0.478. The summed E-state index contributed by atoms with van der Waals surface area (Å²) >= 11 is 0. The Hall–Kier alpha value is -2.65. The van der Waals surface area contributed by atoms with E-state index in [4.69, 9.17) is 14.2 Å². The third kappa shape index (κ3) is 5.20. The molecule has 1 aromatic carbocycles. The minimum absolute atomic E-state index is 0.0844. The zero-order valence-corrected chi connectivity index (χ0v) is 16.2. The summed E-state index contributed by atoms with van der Waals surface area (Å²) < 4.78 is 16.6. The number of ether oxygens (including phenoxy) is 3. The van der Waals surface area contributed by atoms with Crippen molar-refractivity contribution in [1.29, 1.82) is 0 Å². The van der Waals surface area contributed by atoms with Gasteiger partial charge in [-0.25, -0.2) is 0 Å². The molecule has 9 heteroatoms. The highest BCUT2D eigenvalue weighted by Crippen LogP contribution is 2.41. The maximum absolute atomic E-state index is 11.1. The lowest BCUT2D eigenvalue weighted by atomic mass is 9.86. The second kappa shape index (κ2) is 9.52. The Kier molecular flexibility index (Phi) is 7.36. The summed E-state index contributed by atoms with van der Waals surface area (Å²) in [6.07, 6.45) is 1.50. The molecule has 0 aromatic heterocycles. The van der Waals surface area contributed by atoms with E-state index in [0.717, 1.165) is 6.29 Å². The van der Waals surface area contributed by atoms with E-state index in [9.17, 15) is 20.0 Å². The molecule has 0 saturated heterocycles. The molecule has 0 radical (unpaired) electrons. The maximum Gasteiger partial charge on any atom is 0.270 e. The van der Waals surface area contributed by atoms with Crippen LogP contribution in [0, 0.1) is 10.1 Å². The number of aldehydes is 1. The Balaban J connectivity index is 2.23. The molecule has 2 atom stereocenters. The fourth-order valence-electron chi connectivity index (χ4n) is 2.91. The van der Waals surface area contributed by atoms with Gasteiger partial charge in [0, 0.05) is 24.1 Å². The molecular weight excluding hydrogens is 368 g/mol. The first-order valence-electron chi connectivity index (χ1n) is 9.06. The molecule has 0 aliphatic carbocycles. The Labute approximate surface area is 163 Å². The molecule has 2 unspecified atom stereocenters. The van der Waals surface area contributed by atoms with Crippen LogP contribution < -0.4 is 10.1 Å². The minimum atomic E-state index is -0.958. The van der Waals surface area contributed by atoms with Gasteiger partial charge in [0.05, 0.1) is 30.7 Å². The average molecular weight is 394 g/mol. The first-order valence-corrected chi connectivity index (χ1v) is 9.06. The van der Waals surface area contributed by atoms with E-state index in [0.29, 0.717) is 23.7 Å². The van der Waals surface area contributed by atoms with Gasteiger partial charge in [0.2, 0.25) is 0 Å². The fourth-order valence-corrected chi connectivity index (χ4v) is 2.91. The molecule has 0 amide bonds. The van der Waals surface area contributed by atoms with Crippen LogP contribution in [0.3, 0.4) is 0 Å². The number of nitro groups is 1. The lowest BCUT2D eigenvalue weighted by molar-refractivity contribution is -0.385. The van der Waals surface area contributed by atoms with E-state index in [-0.39, 0.29) is 25.3 Å². The molecule has 28 heavy (non-hydrogen) atoms. The number of hydrogen-bond donors (Lipinski definition) is 2. The minimum Gasteiger partial charge on any atom is -0.497 e. The van der Waals surface area contributed by atoms with Gasteiger partial charge in [-0.15, -0.1) is 0 Å². The first-order chi connectivity index (χ1) is 13.3. The molecule has 1 aliphatic rings. The zero-order chi connectivity index (χ0) is 20.7. The largest absolute Gasteiger partial charge is 0.497 e. The number of benzene rings is 1. The van der Waals surface area contributed by atoms with Gasteiger partial charge >= 0.3 is 0 Å². The highest BCUT2D eigenvalue weighted by molar-refractivity contribution is 5.49. The van der Waals surface area contributed by atoms with Crippen LogP contribution in [-0.4, -0.2) is 47.8 Å². The van der Waals surface area contributed by atoms with E-state index < -0.39 is 22.7 Å². The van der Waals surface area contributed by atoms with Crippen LogP contribution in [-0.2, 0) is 14.3 Å². The van der Waals surface area contributed by atoms with E-state index in [1.165, 1.54) is 24.5 Å². The third-order valence-corrected chi connectivity index (χ3v) is 4.33. The topological polar surface area (TPSA) is 120 Å². The van der Waals surface area contributed by atoms with Gasteiger partial charge < -0.3 is 29.4 Å². The molecule has 0 bridgehead atoms. The molecule has 0 spiro atoms. The predicted octanol–water partition coefficient (Wildman–Crippen LogP) is 2.24. The molecule has 1 aromatic rings.